The van der Waals surface area contributed by atoms with Crippen molar-refractivity contribution in [3.63, 3.8) is 0 Å². The maximum atomic E-state index is 12.4. The molecule has 0 bridgehead atoms. The molecule has 142 valence electrons. The number of hydrogen-bond donors (Lipinski definition) is 0. The minimum atomic E-state index is -0.470. The van der Waals surface area contributed by atoms with Gasteiger partial charge in [0.1, 0.15) is 0 Å². The van der Waals surface area contributed by atoms with Crippen LogP contribution in [0.25, 0.3) is 10.8 Å². The molecule has 1 saturated heterocycles. The van der Waals surface area contributed by atoms with Crippen LogP contribution in [0.15, 0.2) is 72.8 Å². The second-order valence-corrected chi connectivity index (χ2v) is 6.84. The lowest BCUT2D eigenvalue weighted by atomic mass is 10.1. The van der Waals surface area contributed by atoms with E-state index in [1.54, 1.807) is 17.0 Å². The van der Waals surface area contributed by atoms with E-state index in [9.17, 15) is 9.59 Å². The van der Waals surface area contributed by atoms with Crippen molar-refractivity contribution in [1.82, 2.24) is 4.90 Å². The lowest BCUT2D eigenvalue weighted by Crippen LogP contribution is -2.49. The lowest BCUT2D eigenvalue weighted by Gasteiger charge is -2.36. The highest BCUT2D eigenvalue weighted by molar-refractivity contribution is 5.96. The van der Waals surface area contributed by atoms with E-state index in [-0.39, 0.29) is 12.5 Å². The van der Waals surface area contributed by atoms with E-state index in [0.717, 1.165) is 29.5 Å². The fourth-order valence-electron chi connectivity index (χ4n) is 3.47. The Hall–Kier alpha value is -3.34. The number of hydrogen-bond acceptors (Lipinski definition) is 4. The first-order chi connectivity index (χ1) is 13.7. The van der Waals surface area contributed by atoms with Crippen molar-refractivity contribution < 1.29 is 14.3 Å². The van der Waals surface area contributed by atoms with Crippen molar-refractivity contribution in [3.05, 3.63) is 78.4 Å². The third-order valence-electron chi connectivity index (χ3n) is 5.07. The number of benzene rings is 3. The van der Waals surface area contributed by atoms with Crippen LogP contribution >= 0.6 is 0 Å². The van der Waals surface area contributed by atoms with E-state index in [1.165, 1.54) is 0 Å². The molecule has 1 amide bonds. The van der Waals surface area contributed by atoms with Crippen molar-refractivity contribution in [2.45, 2.75) is 0 Å². The van der Waals surface area contributed by atoms with Gasteiger partial charge in [-0.1, -0.05) is 48.5 Å². The summed E-state index contributed by atoms with van der Waals surface area (Å²) in [7, 11) is 0. The van der Waals surface area contributed by atoms with Crippen LogP contribution < -0.4 is 4.90 Å². The van der Waals surface area contributed by atoms with E-state index in [4.69, 9.17) is 4.74 Å². The van der Waals surface area contributed by atoms with Gasteiger partial charge in [0.05, 0.1) is 5.56 Å². The second kappa shape index (κ2) is 8.13. The van der Waals surface area contributed by atoms with Gasteiger partial charge in [-0.15, -0.1) is 0 Å². The molecule has 1 fully saturated rings. The molecule has 0 radical (unpaired) electrons. The van der Waals surface area contributed by atoms with Gasteiger partial charge in [-0.2, -0.15) is 0 Å². The van der Waals surface area contributed by atoms with Crippen LogP contribution in [0.4, 0.5) is 5.69 Å². The van der Waals surface area contributed by atoms with Gasteiger partial charge in [0.15, 0.2) is 6.61 Å². The van der Waals surface area contributed by atoms with E-state index < -0.39 is 5.97 Å². The van der Waals surface area contributed by atoms with Gasteiger partial charge >= 0.3 is 5.97 Å². The summed E-state index contributed by atoms with van der Waals surface area (Å²) >= 11 is 0. The Morgan fingerprint density at radius 1 is 0.786 bits per heavy atom. The zero-order valence-corrected chi connectivity index (χ0v) is 15.6. The van der Waals surface area contributed by atoms with Gasteiger partial charge in [0, 0.05) is 31.9 Å². The molecule has 0 aromatic heterocycles. The zero-order valence-electron chi connectivity index (χ0n) is 15.6. The Bertz CT molecular complexity index is 979. The van der Waals surface area contributed by atoms with Gasteiger partial charge in [0.2, 0.25) is 0 Å². The molecule has 5 heteroatoms. The number of fused-ring (bicyclic) bond motifs is 1. The molecule has 0 atom stereocenters. The quantitative estimate of drug-likeness (QED) is 0.657. The van der Waals surface area contributed by atoms with Crippen LogP contribution in [0.3, 0.4) is 0 Å². The topological polar surface area (TPSA) is 49.9 Å². The fraction of sp³-hybridized carbons (Fsp3) is 0.217. The van der Waals surface area contributed by atoms with Crippen LogP contribution in [-0.4, -0.2) is 49.6 Å². The second-order valence-electron chi connectivity index (χ2n) is 6.84. The van der Waals surface area contributed by atoms with Crippen molar-refractivity contribution in [1.29, 1.82) is 0 Å². The first kappa shape index (κ1) is 18.0. The highest BCUT2D eigenvalue weighted by Crippen LogP contribution is 2.17. The lowest BCUT2D eigenvalue weighted by molar-refractivity contribution is -0.134. The number of para-hydroxylation sites is 1. The summed E-state index contributed by atoms with van der Waals surface area (Å²) in [4.78, 5) is 28.7. The molecule has 0 N–H and O–H groups in total. The number of amides is 1. The molecule has 1 heterocycles. The van der Waals surface area contributed by atoms with E-state index in [1.807, 2.05) is 48.5 Å². The molecule has 3 aromatic rings. The molecule has 0 saturated carbocycles. The number of rotatable bonds is 4. The normalized spacial score (nSPS) is 14.1. The van der Waals surface area contributed by atoms with E-state index >= 15 is 0 Å². The minimum Gasteiger partial charge on any atom is -0.452 e. The molecule has 1 aliphatic heterocycles. The predicted molar refractivity (Wildman–Crippen MR) is 109 cm³/mol. The van der Waals surface area contributed by atoms with E-state index in [2.05, 4.69) is 17.0 Å². The molecule has 0 spiro atoms. The van der Waals surface area contributed by atoms with Crippen molar-refractivity contribution >= 4 is 28.3 Å². The highest BCUT2D eigenvalue weighted by atomic mass is 16.5. The minimum absolute atomic E-state index is 0.151. The van der Waals surface area contributed by atoms with E-state index in [0.29, 0.717) is 18.7 Å². The summed E-state index contributed by atoms with van der Waals surface area (Å²) in [6.45, 7) is 2.57. The number of esters is 1. The summed E-state index contributed by atoms with van der Waals surface area (Å²) in [5, 5.41) is 2.03. The maximum Gasteiger partial charge on any atom is 0.338 e. The molecule has 4 rings (SSSR count). The molecule has 3 aromatic carbocycles. The Labute approximate surface area is 164 Å². The Kier molecular flexibility index (Phi) is 5.24. The van der Waals surface area contributed by atoms with Gasteiger partial charge in [-0.05, 0) is 35.0 Å². The van der Waals surface area contributed by atoms with Crippen LogP contribution in [0.1, 0.15) is 10.4 Å². The standard InChI is InChI=1S/C23H22N2O3/c26-22(25-14-12-24(13-15-25)21-8-2-1-3-9-21)17-28-23(27)20-11-10-18-6-4-5-7-19(18)16-20/h1-11,16H,12-15,17H2. The molecular weight excluding hydrogens is 352 g/mol. The molecule has 0 aliphatic carbocycles. The fourth-order valence-corrected chi connectivity index (χ4v) is 3.47. The molecule has 28 heavy (non-hydrogen) atoms. The van der Waals surface area contributed by atoms with Crippen LogP contribution in [0.2, 0.25) is 0 Å². The summed E-state index contributed by atoms with van der Waals surface area (Å²) < 4.78 is 5.26. The number of ether oxygens (including phenoxy) is 1. The molecular formula is C23H22N2O3. The summed E-state index contributed by atoms with van der Waals surface area (Å²) in [6.07, 6.45) is 0. The number of piperazine rings is 1. The average Bonchev–Trinajstić information content (AvgIpc) is 2.77. The van der Waals surface area contributed by atoms with Crippen LogP contribution in [0.5, 0.6) is 0 Å². The summed E-state index contributed by atoms with van der Waals surface area (Å²) in [6, 6.07) is 23.4. The predicted octanol–water partition coefficient (Wildman–Crippen LogP) is 3.35. The Balaban J connectivity index is 1.30. The number of carbonyl (C=O) groups excluding carboxylic acids is 2. The smallest absolute Gasteiger partial charge is 0.338 e. The zero-order chi connectivity index (χ0) is 19.3. The first-order valence-corrected chi connectivity index (χ1v) is 9.44. The Morgan fingerprint density at radius 2 is 1.46 bits per heavy atom. The molecule has 1 aliphatic rings. The number of carbonyl (C=O) groups is 2. The van der Waals surface area contributed by atoms with Crippen molar-refractivity contribution in [2.24, 2.45) is 0 Å². The number of anilines is 1. The first-order valence-electron chi connectivity index (χ1n) is 9.44. The Morgan fingerprint density at radius 3 is 2.21 bits per heavy atom. The monoisotopic (exact) mass is 374 g/mol. The molecule has 0 unspecified atom stereocenters. The van der Waals surface area contributed by atoms with Crippen LogP contribution in [-0.2, 0) is 9.53 Å². The third kappa shape index (κ3) is 3.98. The summed E-state index contributed by atoms with van der Waals surface area (Å²) in [5.41, 5.74) is 1.62. The SMILES string of the molecule is O=C(OCC(=O)N1CCN(c2ccccc2)CC1)c1ccc2ccccc2c1. The average molecular weight is 374 g/mol. The van der Waals surface area contributed by atoms with Crippen molar-refractivity contribution in [3.8, 4) is 0 Å². The van der Waals surface area contributed by atoms with Crippen molar-refractivity contribution in [2.75, 3.05) is 37.7 Å². The van der Waals surface area contributed by atoms with Gasteiger partial charge in [-0.25, -0.2) is 4.79 Å². The largest absolute Gasteiger partial charge is 0.452 e. The summed E-state index contributed by atoms with van der Waals surface area (Å²) in [5.74, 6) is -0.621. The van der Waals surface area contributed by atoms with Gasteiger partial charge < -0.3 is 14.5 Å². The molecule has 5 nitrogen and oxygen atoms in total. The van der Waals surface area contributed by atoms with Gasteiger partial charge in [-0.3, -0.25) is 4.79 Å². The maximum absolute atomic E-state index is 12.4. The highest BCUT2D eigenvalue weighted by Gasteiger charge is 2.22. The van der Waals surface area contributed by atoms with Gasteiger partial charge in [0.25, 0.3) is 5.91 Å². The van der Waals surface area contributed by atoms with Crippen LogP contribution in [0, 0.1) is 0 Å². The number of nitrogens with zero attached hydrogens (tertiary/aromatic N) is 2. The third-order valence-corrected chi connectivity index (χ3v) is 5.07.